The van der Waals surface area contributed by atoms with Crippen molar-refractivity contribution in [3.05, 3.63) is 34.3 Å². The Morgan fingerprint density at radius 3 is 2.72 bits per heavy atom. The number of rotatable bonds is 5. The molecule has 18 heavy (non-hydrogen) atoms. The highest BCUT2D eigenvalue weighted by Gasteiger charge is 2.29. The first-order chi connectivity index (χ1) is 8.57. The van der Waals surface area contributed by atoms with E-state index in [2.05, 4.69) is 59.4 Å². The Balaban J connectivity index is 1.78. The van der Waals surface area contributed by atoms with Crippen LogP contribution in [-0.2, 0) is 11.2 Å². The van der Waals surface area contributed by atoms with Gasteiger partial charge in [0, 0.05) is 23.7 Å². The molecule has 0 saturated carbocycles. The van der Waals surface area contributed by atoms with Crippen LogP contribution in [0.1, 0.15) is 32.3 Å². The number of hydrogen-bond acceptors (Lipinski definition) is 2. The average molecular weight is 312 g/mol. The summed E-state index contributed by atoms with van der Waals surface area (Å²) in [5, 5.41) is 3.59. The highest BCUT2D eigenvalue weighted by atomic mass is 79.9. The van der Waals surface area contributed by atoms with Crippen LogP contribution in [0.5, 0.6) is 0 Å². The first-order valence-corrected chi connectivity index (χ1v) is 7.48. The molecule has 0 spiro atoms. The third-order valence-corrected chi connectivity index (χ3v) is 4.11. The smallest absolute Gasteiger partial charge is 0.0779 e. The molecular formula is C15H22BrNO. The van der Waals surface area contributed by atoms with Crippen molar-refractivity contribution >= 4 is 15.9 Å². The van der Waals surface area contributed by atoms with E-state index in [1.807, 2.05) is 0 Å². The van der Waals surface area contributed by atoms with Crippen molar-refractivity contribution < 1.29 is 4.74 Å². The molecule has 2 rings (SSSR count). The van der Waals surface area contributed by atoms with Crippen LogP contribution < -0.4 is 5.32 Å². The van der Waals surface area contributed by atoms with Crippen molar-refractivity contribution in [1.29, 1.82) is 0 Å². The van der Waals surface area contributed by atoms with E-state index in [4.69, 9.17) is 4.74 Å². The van der Waals surface area contributed by atoms with Crippen LogP contribution in [0.3, 0.4) is 0 Å². The van der Waals surface area contributed by atoms with Crippen LogP contribution in [0.4, 0.5) is 0 Å². The second-order valence-corrected chi connectivity index (χ2v) is 6.43. The molecule has 100 valence electrons. The normalized spacial score (nSPS) is 25.3. The molecule has 0 aromatic heterocycles. The van der Waals surface area contributed by atoms with Gasteiger partial charge in [-0.1, -0.05) is 28.1 Å². The second-order valence-electron chi connectivity index (χ2n) is 5.51. The summed E-state index contributed by atoms with van der Waals surface area (Å²) in [6.45, 7) is 6.31. The van der Waals surface area contributed by atoms with Gasteiger partial charge in [0.15, 0.2) is 0 Å². The fraction of sp³-hybridized carbons (Fsp3) is 0.600. The van der Waals surface area contributed by atoms with Crippen molar-refractivity contribution in [1.82, 2.24) is 5.32 Å². The zero-order valence-corrected chi connectivity index (χ0v) is 12.8. The molecule has 1 saturated heterocycles. The molecule has 2 unspecified atom stereocenters. The van der Waals surface area contributed by atoms with Crippen LogP contribution in [0, 0.1) is 0 Å². The molecule has 0 radical (unpaired) electrons. The Kier molecular flexibility index (Phi) is 4.82. The number of halogens is 1. The third-order valence-electron chi connectivity index (χ3n) is 3.58. The summed E-state index contributed by atoms with van der Waals surface area (Å²) in [6.07, 6.45) is 3.42. The summed E-state index contributed by atoms with van der Waals surface area (Å²) in [4.78, 5) is 0. The lowest BCUT2D eigenvalue weighted by Crippen LogP contribution is -2.41. The lowest BCUT2D eigenvalue weighted by atomic mass is 10.0. The summed E-state index contributed by atoms with van der Waals surface area (Å²) in [5.41, 5.74) is 1.42. The first kappa shape index (κ1) is 14.0. The number of nitrogens with one attached hydrogen (secondary N) is 1. The standard InChI is InChI=1S/C15H22BrNO/c1-12(10-13-4-6-14(16)7-5-13)17-11-15(2)8-3-9-18-15/h4-7,12,17H,3,8-11H2,1-2H3. The highest BCUT2D eigenvalue weighted by molar-refractivity contribution is 9.10. The van der Waals surface area contributed by atoms with Gasteiger partial charge in [0.05, 0.1) is 5.60 Å². The second kappa shape index (κ2) is 6.18. The molecule has 3 heteroatoms. The van der Waals surface area contributed by atoms with Crippen molar-refractivity contribution in [2.24, 2.45) is 0 Å². The summed E-state index contributed by atoms with van der Waals surface area (Å²) in [6, 6.07) is 9.03. The Morgan fingerprint density at radius 2 is 2.11 bits per heavy atom. The van der Waals surface area contributed by atoms with Gasteiger partial charge in [-0.2, -0.15) is 0 Å². The monoisotopic (exact) mass is 311 g/mol. The van der Waals surface area contributed by atoms with Crippen molar-refractivity contribution in [3.63, 3.8) is 0 Å². The van der Waals surface area contributed by atoms with E-state index in [1.54, 1.807) is 0 Å². The molecule has 0 aliphatic carbocycles. The summed E-state index contributed by atoms with van der Waals surface area (Å²) in [7, 11) is 0. The number of ether oxygens (including phenoxy) is 1. The maximum Gasteiger partial charge on any atom is 0.0779 e. The summed E-state index contributed by atoms with van der Waals surface area (Å²) in [5.74, 6) is 0. The predicted octanol–water partition coefficient (Wildman–Crippen LogP) is 3.54. The van der Waals surface area contributed by atoms with E-state index in [-0.39, 0.29) is 5.60 Å². The van der Waals surface area contributed by atoms with Crippen molar-refractivity contribution in [2.45, 2.75) is 44.8 Å². The third kappa shape index (κ3) is 4.08. The van der Waals surface area contributed by atoms with E-state index in [9.17, 15) is 0 Å². The van der Waals surface area contributed by atoms with Gasteiger partial charge >= 0.3 is 0 Å². The minimum atomic E-state index is 0.0496. The number of hydrogen-bond donors (Lipinski definition) is 1. The largest absolute Gasteiger partial charge is 0.374 e. The molecule has 2 nitrogen and oxygen atoms in total. The van der Waals surface area contributed by atoms with Crippen LogP contribution in [-0.4, -0.2) is 24.8 Å². The van der Waals surface area contributed by atoms with E-state index in [1.165, 1.54) is 18.4 Å². The zero-order valence-electron chi connectivity index (χ0n) is 11.2. The molecule has 1 N–H and O–H groups in total. The van der Waals surface area contributed by atoms with Gasteiger partial charge in [-0.25, -0.2) is 0 Å². The van der Waals surface area contributed by atoms with Crippen LogP contribution in [0.2, 0.25) is 0 Å². The van der Waals surface area contributed by atoms with Gasteiger partial charge in [-0.05, 0) is 50.8 Å². The molecule has 0 amide bonds. The molecule has 2 atom stereocenters. The predicted molar refractivity (Wildman–Crippen MR) is 78.9 cm³/mol. The maximum absolute atomic E-state index is 5.79. The van der Waals surface area contributed by atoms with Gasteiger partial charge in [-0.3, -0.25) is 0 Å². The minimum Gasteiger partial charge on any atom is -0.374 e. The fourth-order valence-electron chi connectivity index (χ4n) is 2.41. The lowest BCUT2D eigenvalue weighted by Gasteiger charge is -2.26. The molecule has 0 bridgehead atoms. The minimum absolute atomic E-state index is 0.0496. The zero-order chi connectivity index (χ0) is 13.0. The molecule has 1 heterocycles. The van der Waals surface area contributed by atoms with Gasteiger partial charge in [0.25, 0.3) is 0 Å². The van der Waals surface area contributed by atoms with E-state index < -0.39 is 0 Å². The Hall–Kier alpha value is -0.380. The topological polar surface area (TPSA) is 21.3 Å². The molecule has 1 aromatic carbocycles. The van der Waals surface area contributed by atoms with Crippen LogP contribution in [0.25, 0.3) is 0 Å². The van der Waals surface area contributed by atoms with Crippen molar-refractivity contribution in [3.8, 4) is 0 Å². The van der Waals surface area contributed by atoms with Gasteiger partial charge in [0.1, 0.15) is 0 Å². The van der Waals surface area contributed by atoms with Gasteiger partial charge in [-0.15, -0.1) is 0 Å². The fourth-order valence-corrected chi connectivity index (χ4v) is 2.68. The lowest BCUT2D eigenvalue weighted by molar-refractivity contribution is 0.0191. The summed E-state index contributed by atoms with van der Waals surface area (Å²) < 4.78 is 6.93. The van der Waals surface area contributed by atoms with Crippen molar-refractivity contribution in [2.75, 3.05) is 13.2 Å². The number of benzene rings is 1. The SMILES string of the molecule is CC(Cc1ccc(Br)cc1)NCC1(C)CCCO1. The van der Waals surface area contributed by atoms with Gasteiger partial charge in [0.2, 0.25) is 0 Å². The van der Waals surface area contributed by atoms with Gasteiger partial charge < -0.3 is 10.1 Å². The Morgan fingerprint density at radius 1 is 1.39 bits per heavy atom. The molecule has 1 aromatic rings. The van der Waals surface area contributed by atoms with E-state index in [0.717, 1.165) is 24.0 Å². The highest BCUT2D eigenvalue weighted by Crippen LogP contribution is 2.24. The quantitative estimate of drug-likeness (QED) is 0.898. The molecule has 1 aliphatic heterocycles. The van der Waals surface area contributed by atoms with Crippen LogP contribution >= 0.6 is 15.9 Å². The van der Waals surface area contributed by atoms with E-state index >= 15 is 0 Å². The maximum atomic E-state index is 5.79. The van der Waals surface area contributed by atoms with Crippen LogP contribution in [0.15, 0.2) is 28.7 Å². The molecule has 1 aliphatic rings. The Labute approximate surface area is 118 Å². The Bertz CT molecular complexity index is 371. The summed E-state index contributed by atoms with van der Waals surface area (Å²) >= 11 is 3.46. The molecular weight excluding hydrogens is 290 g/mol. The average Bonchev–Trinajstić information content (AvgIpc) is 2.78. The van der Waals surface area contributed by atoms with E-state index in [0.29, 0.717) is 6.04 Å². The molecule has 1 fully saturated rings. The first-order valence-electron chi connectivity index (χ1n) is 6.69.